The molecule has 1 aliphatic heterocycles. The summed E-state index contributed by atoms with van der Waals surface area (Å²) in [6, 6.07) is 14.6. The van der Waals surface area contributed by atoms with Gasteiger partial charge in [-0.1, -0.05) is 29.8 Å². The molecule has 0 unspecified atom stereocenters. The molecule has 6 heteroatoms. The zero-order valence-electron chi connectivity index (χ0n) is 14.9. The Labute approximate surface area is 158 Å². The molecule has 0 saturated carbocycles. The van der Waals surface area contributed by atoms with E-state index in [1.54, 1.807) is 18.2 Å². The number of anilines is 1. The van der Waals surface area contributed by atoms with E-state index >= 15 is 0 Å². The van der Waals surface area contributed by atoms with Crippen LogP contribution in [0.5, 0.6) is 11.5 Å². The number of carbonyl (C=O) groups excluding carboxylic acids is 1. The summed E-state index contributed by atoms with van der Waals surface area (Å²) >= 11 is 6.10. The predicted molar refractivity (Wildman–Crippen MR) is 103 cm³/mol. The first-order valence-electron chi connectivity index (χ1n) is 8.69. The van der Waals surface area contributed by atoms with E-state index in [2.05, 4.69) is 10.2 Å². The summed E-state index contributed by atoms with van der Waals surface area (Å²) < 4.78 is 11.6. The molecule has 1 N–H and O–H groups in total. The fourth-order valence-corrected chi connectivity index (χ4v) is 3.28. The van der Waals surface area contributed by atoms with Gasteiger partial charge in [-0.15, -0.1) is 0 Å². The van der Waals surface area contributed by atoms with E-state index in [9.17, 15) is 4.79 Å². The summed E-state index contributed by atoms with van der Waals surface area (Å²) in [4.78, 5) is 14.6. The summed E-state index contributed by atoms with van der Waals surface area (Å²) in [5.41, 5.74) is 0.556. The second-order valence-electron chi connectivity index (χ2n) is 6.56. The summed E-state index contributed by atoms with van der Waals surface area (Å²) in [7, 11) is 0. The predicted octanol–water partition coefficient (Wildman–Crippen LogP) is 4.18. The molecular weight excluding hydrogens is 352 g/mol. The van der Waals surface area contributed by atoms with Gasteiger partial charge in [-0.05, 0) is 44.2 Å². The topological polar surface area (TPSA) is 50.8 Å². The minimum atomic E-state index is -0.105. The molecule has 0 bridgehead atoms. The summed E-state index contributed by atoms with van der Waals surface area (Å²) in [5.74, 6) is 1.14. The van der Waals surface area contributed by atoms with Crippen LogP contribution >= 0.6 is 11.6 Å². The Morgan fingerprint density at radius 3 is 2.58 bits per heavy atom. The number of hydrogen-bond acceptors (Lipinski definition) is 4. The average molecular weight is 375 g/mol. The third-order valence-corrected chi connectivity index (χ3v) is 4.28. The molecule has 1 fully saturated rings. The molecule has 138 valence electrons. The second-order valence-corrected chi connectivity index (χ2v) is 6.99. The van der Waals surface area contributed by atoms with Crippen molar-refractivity contribution in [2.75, 3.05) is 25.0 Å². The molecule has 2 aromatic carbocycles. The highest BCUT2D eigenvalue weighted by Gasteiger charge is 2.24. The number of ether oxygens (including phenoxy) is 2. The van der Waals surface area contributed by atoms with Crippen LogP contribution in [0.4, 0.5) is 5.69 Å². The molecule has 1 amide bonds. The third-order valence-electron chi connectivity index (χ3n) is 4.05. The number of carbonyl (C=O) groups is 1. The van der Waals surface area contributed by atoms with Crippen molar-refractivity contribution in [1.82, 2.24) is 4.90 Å². The highest BCUT2D eigenvalue weighted by atomic mass is 35.5. The molecule has 1 aliphatic rings. The largest absolute Gasteiger partial charge is 0.455 e. The Bertz CT molecular complexity index is 744. The number of halogens is 1. The summed E-state index contributed by atoms with van der Waals surface area (Å²) in [5, 5.41) is 3.45. The first kappa shape index (κ1) is 18.7. The number of amides is 1. The van der Waals surface area contributed by atoms with Gasteiger partial charge in [0.05, 0.1) is 24.4 Å². The van der Waals surface area contributed by atoms with Crippen molar-refractivity contribution >= 4 is 23.2 Å². The average Bonchev–Trinajstić information content (AvgIpc) is 2.57. The molecule has 2 aromatic rings. The lowest BCUT2D eigenvalue weighted by atomic mass is 10.2. The first-order valence-corrected chi connectivity index (χ1v) is 9.07. The normalized spacial score (nSPS) is 20.6. The van der Waals surface area contributed by atoms with E-state index in [4.69, 9.17) is 21.1 Å². The van der Waals surface area contributed by atoms with E-state index in [1.165, 1.54) is 0 Å². The van der Waals surface area contributed by atoms with E-state index in [-0.39, 0.29) is 18.1 Å². The van der Waals surface area contributed by atoms with Crippen LogP contribution in [0, 0.1) is 0 Å². The molecule has 0 aromatic heterocycles. The van der Waals surface area contributed by atoms with Gasteiger partial charge < -0.3 is 14.8 Å². The van der Waals surface area contributed by atoms with Crippen molar-refractivity contribution in [2.24, 2.45) is 0 Å². The van der Waals surface area contributed by atoms with Gasteiger partial charge in [0.2, 0.25) is 5.91 Å². The second kappa shape index (κ2) is 8.54. The lowest BCUT2D eigenvalue weighted by Crippen LogP contribution is -2.48. The van der Waals surface area contributed by atoms with Crippen LogP contribution in [0.1, 0.15) is 13.8 Å². The Kier molecular flexibility index (Phi) is 6.14. The molecular formula is C20H23ClN2O3. The van der Waals surface area contributed by atoms with Crippen molar-refractivity contribution in [3.05, 3.63) is 53.6 Å². The quantitative estimate of drug-likeness (QED) is 0.853. The first-order chi connectivity index (χ1) is 12.5. The molecule has 2 atom stereocenters. The van der Waals surface area contributed by atoms with E-state index < -0.39 is 0 Å². The fourth-order valence-electron chi connectivity index (χ4n) is 3.11. The number of para-hydroxylation sites is 1. The van der Waals surface area contributed by atoms with Gasteiger partial charge in [0.1, 0.15) is 5.75 Å². The van der Waals surface area contributed by atoms with Crippen LogP contribution < -0.4 is 10.1 Å². The number of morpholine rings is 1. The smallest absolute Gasteiger partial charge is 0.238 e. The molecule has 0 spiro atoms. The van der Waals surface area contributed by atoms with Crippen LogP contribution in [0.15, 0.2) is 48.5 Å². The molecule has 3 rings (SSSR count). The minimum Gasteiger partial charge on any atom is -0.455 e. The van der Waals surface area contributed by atoms with Gasteiger partial charge in [-0.25, -0.2) is 0 Å². The van der Waals surface area contributed by atoms with Crippen LogP contribution in [0.25, 0.3) is 0 Å². The van der Waals surface area contributed by atoms with Gasteiger partial charge in [0, 0.05) is 18.1 Å². The molecule has 0 aliphatic carbocycles. The lowest BCUT2D eigenvalue weighted by molar-refractivity contribution is -0.121. The number of benzene rings is 2. The van der Waals surface area contributed by atoms with Crippen molar-refractivity contribution in [1.29, 1.82) is 0 Å². The molecule has 26 heavy (non-hydrogen) atoms. The number of hydrogen-bond donors (Lipinski definition) is 1. The van der Waals surface area contributed by atoms with E-state index in [0.717, 1.165) is 13.1 Å². The Hall–Kier alpha value is -2.08. The Balaban J connectivity index is 1.68. The summed E-state index contributed by atoms with van der Waals surface area (Å²) in [6.45, 7) is 5.81. The Morgan fingerprint density at radius 2 is 1.88 bits per heavy atom. The molecule has 1 saturated heterocycles. The zero-order valence-corrected chi connectivity index (χ0v) is 15.7. The summed E-state index contributed by atoms with van der Waals surface area (Å²) in [6.07, 6.45) is 0.240. The van der Waals surface area contributed by atoms with E-state index in [1.807, 2.05) is 44.2 Å². The van der Waals surface area contributed by atoms with Crippen LogP contribution in [-0.2, 0) is 9.53 Å². The zero-order chi connectivity index (χ0) is 18.5. The standard InChI is InChI=1S/C20H23ClN2O3/c1-14-11-23(12-15(2)25-14)13-20(24)22-18-10-16(21)8-9-19(18)26-17-6-4-3-5-7-17/h3-10,14-15H,11-13H2,1-2H3,(H,22,24)/t14-,15+. The fraction of sp³-hybridized carbons (Fsp3) is 0.350. The van der Waals surface area contributed by atoms with Crippen molar-refractivity contribution < 1.29 is 14.3 Å². The maximum Gasteiger partial charge on any atom is 0.238 e. The van der Waals surface area contributed by atoms with Gasteiger partial charge >= 0.3 is 0 Å². The van der Waals surface area contributed by atoms with Gasteiger partial charge in [0.15, 0.2) is 5.75 Å². The van der Waals surface area contributed by atoms with Gasteiger partial charge in [-0.2, -0.15) is 0 Å². The lowest BCUT2D eigenvalue weighted by Gasteiger charge is -2.34. The van der Waals surface area contributed by atoms with E-state index in [0.29, 0.717) is 28.8 Å². The van der Waals surface area contributed by atoms with Crippen molar-refractivity contribution in [3.63, 3.8) is 0 Å². The van der Waals surface area contributed by atoms with Crippen molar-refractivity contribution in [2.45, 2.75) is 26.1 Å². The SMILES string of the molecule is C[C@@H]1CN(CC(=O)Nc2cc(Cl)ccc2Oc2ccccc2)C[C@H](C)O1. The van der Waals surface area contributed by atoms with Crippen LogP contribution in [0.3, 0.4) is 0 Å². The maximum absolute atomic E-state index is 12.5. The highest BCUT2D eigenvalue weighted by Crippen LogP contribution is 2.32. The highest BCUT2D eigenvalue weighted by molar-refractivity contribution is 6.31. The number of rotatable bonds is 5. The Morgan fingerprint density at radius 1 is 1.19 bits per heavy atom. The van der Waals surface area contributed by atoms with Gasteiger partial charge in [0.25, 0.3) is 0 Å². The minimum absolute atomic E-state index is 0.105. The molecule has 5 nitrogen and oxygen atoms in total. The van der Waals surface area contributed by atoms with Crippen LogP contribution in [-0.4, -0.2) is 42.6 Å². The van der Waals surface area contributed by atoms with Crippen molar-refractivity contribution in [3.8, 4) is 11.5 Å². The molecule has 1 heterocycles. The number of nitrogens with one attached hydrogen (secondary N) is 1. The maximum atomic E-state index is 12.5. The third kappa shape index (κ3) is 5.21. The van der Waals surface area contributed by atoms with Gasteiger partial charge in [-0.3, -0.25) is 9.69 Å². The van der Waals surface area contributed by atoms with Crippen LogP contribution in [0.2, 0.25) is 5.02 Å². The molecule has 0 radical (unpaired) electrons. The number of nitrogens with zero attached hydrogens (tertiary/aromatic N) is 1. The monoisotopic (exact) mass is 374 g/mol.